The van der Waals surface area contributed by atoms with Gasteiger partial charge in [0.1, 0.15) is 20.3 Å². The Labute approximate surface area is 174 Å². The molecule has 2 rings (SSSR count). The summed E-state index contributed by atoms with van der Waals surface area (Å²) in [6.45, 7) is 11.9. The van der Waals surface area contributed by atoms with Gasteiger partial charge < -0.3 is 15.3 Å². The summed E-state index contributed by atoms with van der Waals surface area (Å²) in [7, 11) is -5.72. The van der Waals surface area contributed by atoms with Crippen LogP contribution in [0, 0.1) is 0 Å². The highest BCUT2D eigenvalue weighted by atomic mass is 32.2. The van der Waals surface area contributed by atoms with E-state index in [0.29, 0.717) is 19.4 Å². The molecule has 2 aliphatic heterocycles. The van der Waals surface area contributed by atoms with Crippen LogP contribution in [0.5, 0.6) is 0 Å². The molecule has 3 atom stereocenters. The van der Waals surface area contributed by atoms with Crippen LogP contribution in [0.25, 0.3) is 0 Å². The van der Waals surface area contributed by atoms with Crippen molar-refractivity contribution < 1.29 is 27.9 Å². The Balaban J connectivity index is 2.01. The zero-order valence-electron chi connectivity index (χ0n) is 18.1. The number of nitrogens with one attached hydrogen (secondary N) is 1. The summed E-state index contributed by atoms with van der Waals surface area (Å²) in [5, 5.41) is 11.7. The minimum Gasteiger partial charge on any atom is -0.480 e. The van der Waals surface area contributed by atoms with Crippen molar-refractivity contribution in [1.29, 1.82) is 0 Å². The maximum Gasteiger partial charge on any atom is 0.326 e. The van der Waals surface area contributed by atoms with E-state index in [9.17, 15) is 27.9 Å². The van der Waals surface area contributed by atoms with Crippen molar-refractivity contribution in [2.24, 2.45) is 0 Å². The van der Waals surface area contributed by atoms with Crippen molar-refractivity contribution in [2.45, 2.75) is 83.2 Å². The van der Waals surface area contributed by atoms with Gasteiger partial charge in [0.15, 0.2) is 0 Å². The highest BCUT2D eigenvalue weighted by Gasteiger charge is 2.56. The quantitative estimate of drug-likeness (QED) is 0.585. The number of hydrogen-bond donors (Lipinski definition) is 2. The molecule has 2 heterocycles. The maximum atomic E-state index is 12.6. The van der Waals surface area contributed by atoms with Crippen LogP contribution in [-0.2, 0) is 24.4 Å². The third-order valence-corrected chi connectivity index (χ3v) is 15.5. The van der Waals surface area contributed by atoms with E-state index in [1.807, 2.05) is 33.9 Å². The Morgan fingerprint density at radius 2 is 1.83 bits per heavy atom. The standard InChI is InChI=1S/C18H33N3O6SSi/c1-12(16(23)20-9-7-8-14(20)17(24)25)19-15(22)10-13-11-28(26,27)21(13)29(5,6)18(2,3)4/h12-14H,7-11H2,1-6H3,(H,19,22)(H,24,25)/t12-,13?,14-/m0/s1. The number of carbonyl (C=O) groups excluding carboxylic acids is 2. The smallest absolute Gasteiger partial charge is 0.326 e. The highest BCUT2D eigenvalue weighted by molar-refractivity contribution is 7.92. The van der Waals surface area contributed by atoms with E-state index in [1.165, 1.54) is 11.8 Å². The second-order valence-electron chi connectivity index (χ2n) is 9.56. The molecule has 11 heteroatoms. The monoisotopic (exact) mass is 447 g/mol. The van der Waals surface area contributed by atoms with Gasteiger partial charge in [-0.1, -0.05) is 33.9 Å². The topological polar surface area (TPSA) is 124 Å². The number of carboxylic acids is 1. The number of carbonyl (C=O) groups is 3. The van der Waals surface area contributed by atoms with Gasteiger partial charge in [0.2, 0.25) is 21.8 Å². The number of carboxylic acid groups (broad SMARTS) is 1. The lowest BCUT2D eigenvalue weighted by molar-refractivity contribution is -0.149. The normalized spacial score (nSPS) is 25.9. The average molecular weight is 448 g/mol. The van der Waals surface area contributed by atoms with Crippen LogP contribution in [0.4, 0.5) is 0 Å². The summed E-state index contributed by atoms with van der Waals surface area (Å²) in [6, 6.07) is -2.12. The third-order valence-electron chi connectivity index (χ3n) is 6.41. The number of hydrogen-bond acceptors (Lipinski definition) is 5. The van der Waals surface area contributed by atoms with Crippen molar-refractivity contribution in [3.8, 4) is 0 Å². The molecular formula is C18H33N3O6SSi. The van der Waals surface area contributed by atoms with E-state index in [1.54, 1.807) is 3.97 Å². The van der Waals surface area contributed by atoms with E-state index in [2.05, 4.69) is 5.32 Å². The van der Waals surface area contributed by atoms with Gasteiger partial charge in [-0.2, -0.15) is 0 Å². The Morgan fingerprint density at radius 1 is 1.24 bits per heavy atom. The summed E-state index contributed by atoms with van der Waals surface area (Å²) in [4.78, 5) is 37.7. The summed E-state index contributed by atoms with van der Waals surface area (Å²) in [5.41, 5.74) is 0. The molecule has 166 valence electrons. The predicted molar refractivity (Wildman–Crippen MR) is 111 cm³/mol. The second-order valence-corrected chi connectivity index (χ2v) is 16.9. The molecule has 0 aromatic carbocycles. The summed E-state index contributed by atoms with van der Waals surface area (Å²) < 4.78 is 26.4. The highest BCUT2D eigenvalue weighted by Crippen LogP contribution is 2.44. The van der Waals surface area contributed by atoms with E-state index >= 15 is 0 Å². The molecule has 2 saturated heterocycles. The fourth-order valence-corrected chi connectivity index (χ4v) is 10.9. The van der Waals surface area contributed by atoms with Gasteiger partial charge >= 0.3 is 5.97 Å². The van der Waals surface area contributed by atoms with Crippen LogP contribution in [0.15, 0.2) is 0 Å². The van der Waals surface area contributed by atoms with Gasteiger partial charge in [-0.15, -0.1) is 0 Å². The molecule has 0 radical (unpaired) electrons. The van der Waals surface area contributed by atoms with Gasteiger partial charge in [-0.05, 0) is 24.8 Å². The molecule has 2 fully saturated rings. The van der Waals surface area contributed by atoms with Crippen LogP contribution in [0.1, 0.15) is 47.0 Å². The van der Waals surface area contributed by atoms with Crippen LogP contribution < -0.4 is 5.32 Å². The first-order valence-corrected chi connectivity index (χ1v) is 14.5. The molecule has 2 N–H and O–H groups in total. The molecule has 0 bridgehead atoms. The molecule has 0 saturated carbocycles. The first kappa shape index (κ1) is 23.8. The second kappa shape index (κ2) is 7.99. The molecule has 2 amide bonds. The molecule has 0 aromatic heterocycles. The molecule has 2 aliphatic rings. The van der Waals surface area contributed by atoms with Crippen LogP contribution in [0.2, 0.25) is 18.1 Å². The van der Waals surface area contributed by atoms with Gasteiger partial charge in [0.05, 0.1) is 5.75 Å². The molecule has 9 nitrogen and oxygen atoms in total. The Kier molecular flexibility index (Phi) is 6.56. The Hall–Kier alpha value is -1.46. The number of sulfonamides is 1. The largest absolute Gasteiger partial charge is 0.480 e. The number of aliphatic carboxylic acids is 1. The lowest BCUT2D eigenvalue weighted by atomic mass is 10.2. The summed E-state index contributed by atoms with van der Waals surface area (Å²) >= 11 is 0. The fraction of sp³-hybridized carbons (Fsp3) is 0.833. The molecule has 0 aromatic rings. The lowest BCUT2D eigenvalue weighted by Gasteiger charge is -2.53. The molecule has 0 spiro atoms. The maximum absolute atomic E-state index is 12.6. The molecule has 0 aliphatic carbocycles. The van der Waals surface area contributed by atoms with E-state index in [-0.39, 0.29) is 17.2 Å². The Bertz CT molecular complexity index is 792. The number of rotatable bonds is 6. The van der Waals surface area contributed by atoms with Gasteiger partial charge in [0.25, 0.3) is 0 Å². The van der Waals surface area contributed by atoms with Crippen molar-refractivity contribution in [3.05, 3.63) is 0 Å². The summed E-state index contributed by atoms with van der Waals surface area (Å²) in [6.07, 6.45) is 1.01. The molecule has 29 heavy (non-hydrogen) atoms. The fourth-order valence-electron chi connectivity index (χ4n) is 3.92. The van der Waals surface area contributed by atoms with Crippen molar-refractivity contribution in [3.63, 3.8) is 0 Å². The minimum atomic E-state index is -3.36. The SMILES string of the molecule is C[C@H](NC(=O)CC1CS(=O)(=O)N1[Si](C)(C)C(C)(C)C)C(=O)N1CCC[C@H]1C(=O)O. The van der Waals surface area contributed by atoms with Crippen LogP contribution in [0.3, 0.4) is 0 Å². The third kappa shape index (κ3) is 4.66. The van der Waals surface area contributed by atoms with Gasteiger partial charge in [0, 0.05) is 19.0 Å². The van der Waals surface area contributed by atoms with Crippen molar-refractivity contribution in [2.75, 3.05) is 12.3 Å². The zero-order chi connectivity index (χ0) is 22.4. The average Bonchev–Trinajstić information content (AvgIpc) is 3.00. The van der Waals surface area contributed by atoms with Crippen molar-refractivity contribution >= 4 is 36.0 Å². The predicted octanol–water partition coefficient (Wildman–Crippen LogP) is 0.976. The van der Waals surface area contributed by atoms with Gasteiger partial charge in [-0.25, -0.2) is 17.2 Å². The Morgan fingerprint density at radius 3 is 2.31 bits per heavy atom. The zero-order valence-corrected chi connectivity index (χ0v) is 19.9. The first-order chi connectivity index (χ1) is 13.1. The lowest BCUT2D eigenvalue weighted by Crippen LogP contribution is -2.70. The van der Waals surface area contributed by atoms with Gasteiger partial charge in [-0.3, -0.25) is 9.59 Å². The number of amides is 2. The van der Waals surface area contributed by atoms with E-state index in [4.69, 9.17) is 0 Å². The summed E-state index contributed by atoms with van der Waals surface area (Å²) in [5.74, 6) is -1.94. The van der Waals surface area contributed by atoms with Crippen LogP contribution in [-0.4, -0.2) is 78.8 Å². The van der Waals surface area contributed by atoms with Crippen molar-refractivity contribution in [1.82, 2.24) is 14.2 Å². The number of nitrogens with zero attached hydrogens (tertiary/aromatic N) is 2. The van der Waals surface area contributed by atoms with E-state index in [0.717, 1.165) is 0 Å². The molecule has 1 unspecified atom stereocenters. The minimum absolute atomic E-state index is 0.00822. The first-order valence-electron chi connectivity index (χ1n) is 9.94. The van der Waals surface area contributed by atoms with Crippen LogP contribution >= 0.6 is 0 Å². The van der Waals surface area contributed by atoms with E-state index < -0.39 is 54.2 Å². The number of likely N-dealkylation sites (tertiary alicyclic amines) is 1. The molecular weight excluding hydrogens is 414 g/mol.